The van der Waals surface area contributed by atoms with E-state index in [0.29, 0.717) is 6.04 Å². The van der Waals surface area contributed by atoms with Gasteiger partial charge in [0, 0.05) is 19.7 Å². The van der Waals surface area contributed by atoms with Crippen molar-refractivity contribution in [3.8, 4) is 0 Å². The van der Waals surface area contributed by atoms with Crippen molar-refractivity contribution in [3.05, 3.63) is 12.2 Å². The lowest BCUT2D eigenvalue weighted by atomic mass is 10.2. The Labute approximate surface area is 89.7 Å². The van der Waals surface area contributed by atoms with Crippen LogP contribution < -0.4 is 0 Å². The zero-order valence-corrected chi connectivity index (χ0v) is 9.17. The zero-order chi connectivity index (χ0) is 10.4. The van der Waals surface area contributed by atoms with Crippen molar-refractivity contribution in [2.24, 2.45) is 0 Å². The normalized spacial score (nSPS) is 23.4. The van der Waals surface area contributed by atoms with E-state index in [9.17, 15) is 4.79 Å². The molecule has 80 valence electrons. The zero-order valence-electron chi connectivity index (χ0n) is 8.41. The van der Waals surface area contributed by atoms with Gasteiger partial charge in [0.15, 0.2) is 0 Å². The number of likely N-dealkylation sites (tertiary alicyclic amines) is 1. The maximum atomic E-state index is 10.6. The molecule has 1 heterocycles. The van der Waals surface area contributed by atoms with Crippen LogP contribution in [-0.2, 0) is 9.53 Å². The molecule has 0 N–H and O–H groups in total. The first-order valence-corrected chi connectivity index (χ1v) is 5.22. The third-order valence-corrected chi connectivity index (χ3v) is 2.57. The lowest BCUT2D eigenvalue weighted by molar-refractivity contribution is -0.107. The molecule has 0 aliphatic carbocycles. The first kappa shape index (κ1) is 11.7. The van der Waals surface area contributed by atoms with Crippen molar-refractivity contribution in [1.82, 2.24) is 4.90 Å². The molecule has 1 fully saturated rings. The summed E-state index contributed by atoms with van der Waals surface area (Å²) >= 11 is 5.24. The highest BCUT2D eigenvalue weighted by Gasteiger charge is 2.21. The minimum atomic E-state index is -0.399. The van der Waals surface area contributed by atoms with Gasteiger partial charge >= 0.3 is 0 Å². The highest BCUT2D eigenvalue weighted by molar-refractivity contribution is 6.66. The Kier molecular flexibility index (Phi) is 5.15. The number of nitrogens with zero attached hydrogens (tertiary/aromatic N) is 1. The van der Waals surface area contributed by atoms with Gasteiger partial charge in [0.05, 0.1) is 6.61 Å². The standard InChI is InChI=1S/C10H16ClNO2/c1-14-8-7-12-6-2-3-9(12)4-5-10(11)13/h4-5,9H,2-3,6-8H2,1H3/b5-4+. The Morgan fingerprint density at radius 2 is 2.50 bits per heavy atom. The van der Waals surface area contributed by atoms with Crippen LogP contribution in [0.2, 0.25) is 0 Å². The smallest absolute Gasteiger partial charge is 0.244 e. The molecule has 1 saturated heterocycles. The Morgan fingerprint density at radius 1 is 1.71 bits per heavy atom. The molecule has 0 aromatic rings. The van der Waals surface area contributed by atoms with Gasteiger partial charge in [0.25, 0.3) is 0 Å². The Bertz CT molecular complexity index is 218. The van der Waals surface area contributed by atoms with Crippen LogP contribution in [0.1, 0.15) is 12.8 Å². The molecule has 1 rings (SSSR count). The fourth-order valence-electron chi connectivity index (χ4n) is 1.74. The number of hydrogen-bond acceptors (Lipinski definition) is 3. The Morgan fingerprint density at radius 3 is 3.14 bits per heavy atom. The van der Waals surface area contributed by atoms with Crippen molar-refractivity contribution in [2.75, 3.05) is 26.8 Å². The first-order valence-electron chi connectivity index (χ1n) is 4.84. The average molecular weight is 218 g/mol. The summed E-state index contributed by atoms with van der Waals surface area (Å²) in [5, 5.41) is -0.399. The second-order valence-electron chi connectivity index (χ2n) is 3.40. The molecule has 0 bridgehead atoms. The summed E-state index contributed by atoms with van der Waals surface area (Å²) in [4.78, 5) is 12.9. The Balaban J connectivity index is 2.38. The summed E-state index contributed by atoms with van der Waals surface area (Å²) in [6, 6.07) is 0.354. The number of rotatable bonds is 5. The van der Waals surface area contributed by atoms with Crippen LogP contribution in [0.25, 0.3) is 0 Å². The van der Waals surface area contributed by atoms with Gasteiger partial charge < -0.3 is 4.74 Å². The third kappa shape index (κ3) is 3.78. The van der Waals surface area contributed by atoms with Gasteiger partial charge in [0.2, 0.25) is 5.24 Å². The molecule has 3 nitrogen and oxygen atoms in total. The fraction of sp³-hybridized carbons (Fsp3) is 0.700. The number of carbonyl (C=O) groups is 1. The van der Waals surface area contributed by atoms with Crippen LogP contribution in [0, 0.1) is 0 Å². The SMILES string of the molecule is COCCN1CCCC1/C=C/C(=O)Cl. The minimum absolute atomic E-state index is 0.354. The van der Waals surface area contributed by atoms with E-state index in [1.54, 1.807) is 7.11 Å². The van der Waals surface area contributed by atoms with Crippen LogP contribution in [0.15, 0.2) is 12.2 Å². The highest BCUT2D eigenvalue weighted by Crippen LogP contribution is 2.17. The molecule has 1 aliphatic rings. The first-order chi connectivity index (χ1) is 6.74. The van der Waals surface area contributed by atoms with Crippen molar-refractivity contribution in [3.63, 3.8) is 0 Å². The molecule has 0 aromatic heterocycles. The predicted octanol–water partition coefficient (Wildman–Crippen LogP) is 1.42. The van der Waals surface area contributed by atoms with Gasteiger partial charge in [-0.25, -0.2) is 0 Å². The van der Waals surface area contributed by atoms with Gasteiger partial charge in [0.1, 0.15) is 0 Å². The lowest BCUT2D eigenvalue weighted by Crippen LogP contribution is -2.31. The summed E-state index contributed by atoms with van der Waals surface area (Å²) in [6.07, 6.45) is 5.61. The van der Waals surface area contributed by atoms with E-state index in [0.717, 1.165) is 26.1 Å². The number of methoxy groups -OCH3 is 1. The molecule has 1 aliphatic heterocycles. The largest absolute Gasteiger partial charge is 0.383 e. The molecular formula is C10H16ClNO2. The minimum Gasteiger partial charge on any atom is -0.383 e. The third-order valence-electron chi connectivity index (χ3n) is 2.45. The summed E-state index contributed by atoms with van der Waals surface area (Å²) in [5.74, 6) is 0. The van der Waals surface area contributed by atoms with Crippen LogP contribution >= 0.6 is 11.6 Å². The summed E-state index contributed by atoms with van der Waals surface area (Å²) in [6.45, 7) is 2.73. The van der Waals surface area contributed by atoms with Crippen molar-refractivity contribution in [2.45, 2.75) is 18.9 Å². The maximum absolute atomic E-state index is 10.6. The van der Waals surface area contributed by atoms with Gasteiger partial charge in [-0.15, -0.1) is 0 Å². The summed E-state index contributed by atoms with van der Waals surface area (Å²) in [7, 11) is 1.70. The monoisotopic (exact) mass is 217 g/mol. The van der Waals surface area contributed by atoms with E-state index in [4.69, 9.17) is 16.3 Å². The van der Waals surface area contributed by atoms with Crippen molar-refractivity contribution < 1.29 is 9.53 Å². The molecule has 1 atom stereocenters. The highest BCUT2D eigenvalue weighted by atomic mass is 35.5. The van der Waals surface area contributed by atoms with Gasteiger partial charge in [-0.3, -0.25) is 9.69 Å². The molecule has 0 radical (unpaired) electrons. The number of ether oxygens (including phenoxy) is 1. The molecule has 0 saturated carbocycles. The van der Waals surface area contributed by atoms with E-state index in [2.05, 4.69) is 4.90 Å². The predicted molar refractivity (Wildman–Crippen MR) is 56.5 cm³/mol. The molecule has 1 unspecified atom stereocenters. The van der Waals surface area contributed by atoms with Crippen molar-refractivity contribution in [1.29, 1.82) is 0 Å². The second-order valence-corrected chi connectivity index (χ2v) is 3.77. The van der Waals surface area contributed by atoms with Gasteiger partial charge in [-0.2, -0.15) is 0 Å². The quantitative estimate of drug-likeness (QED) is 0.515. The summed E-state index contributed by atoms with van der Waals surface area (Å²) < 4.78 is 5.02. The second kappa shape index (κ2) is 6.17. The van der Waals surface area contributed by atoms with E-state index in [-0.39, 0.29) is 0 Å². The summed E-state index contributed by atoms with van der Waals surface area (Å²) in [5.41, 5.74) is 0. The molecular weight excluding hydrogens is 202 g/mol. The topological polar surface area (TPSA) is 29.5 Å². The fourth-order valence-corrected chi connectivity index (χ4v) is 1.82. The number of allylic oxidation sites excluding steroid dienone is 1. The van der Waals surface area contributed by atoms with Crippen molar-refractivity contribution >= 4 is 16.8 Å². The maximum Gasteiger partial charge on any atom is 0.244 e. The Hall–Kier alpha value is -0.380. The van der Waals surface area contributed by atoms with E-state index >= 15 is 0 Å². The molecule has 0 amide bonds. The van der Waals surface area contributed by atoms with E-state index in [1.165, 1.54) is 12.5 Å². The van der Waals surface area contributed by atoms with Crippen LogP contribution in [0.5, 0.6) is 0 Å². The van der Waals surface area contributed by atoms with Gasteiger partial charge in [-0.05, 0) is 37.1 Å². The van der Waals surface area contributed by atoms with E-state index in [1.807, 2.05) is 6.08 Å². The number of carbonyl (C=O) groups excluding carboxylic acids is 1. The number of halogens is 1. The van der Waals surface area contributed by atoms with Crippen LogP contribution in [0.3, 0.4) is 0 Å². The van der Waals surface area contributed by atoms with E-state index < -0.39 is 5.24 Å². The van der Waals surface area contributed by atoms with Crippen LogP contribution in [-0.4, -0.2) is 43.0 Å². The van der Waals surface area contributed by atoms with Crippen LogP contribution in [0.4, 0.5) is 0 Å². The van der Waals surface area contributed by atoms with Gasteiger partial charge in [-0.1, -0.05) is 6.08 Å². The average Bonchev–Trinajstić information content (AvgIpc) is 2.58. The molecule has 4 heteroatoms. The molecule has 0 aromatic carbocycles. The molecule has 0 spiro atoms. The number of hydrogen-bond donors (Lipinski definition) is 0. The lowest BCUT2D eigenvalue weighted by Gasteiger charge is -2.20. The molecule has 14 heavy (non-hydrogen) atoms.